The summed E-state index contributed by atoms with van der Waals surface area (Å²) in [5.41, 5.74) is 2.25. The van der Waals surface area contributed by atoms with Crippen LogP contribution in [0.5, 0.6) is 0 Å². The Morgan fingerprint density at radius 2 is 1.84 bits per heavy atom. The van der Waals surface area contributed by atoms with Crippen LogP contribution in [0.1, 0.15) is 16.8 Å². The number of rotatable bonds is 1. The molecule has 0 spiro atoms. The van der Waals surface area contributed by atoms with E-state index >= 15 is 0 Å². The average Bonchev–Trinajstić information content (AvgIpc) is 2.89. The van der Waals surface area contributed by atoms with Crippen molar-refractivity contribution in [2.24, 2.45) is 0 Å². The zero-order valence-corrected chi connectivity index (χ0v) is 14.0. The largest absolute Gasteiger partial charge is 0.416 e. The molecule has 0 radical (unpaired) electrons. The van der Waals surface area contributed by atoms with Gasteiger partial charge in [0.25, 0.3) is 0 Å². The first-order valence-electron chi connectivity index (χ1n) is 8.19. The molecule has 2 aromatic heterocycles. The summed E-state index contributed by atoms with van der Waals surface area (Å²) < 4.78 is 41.1. The number of halogens is 3. The molecule has 0 aliphatic carbocycles. The van der Waals surface area contributed by atoms with Crippen LogP contribution in [0.25, 0.3) is 16.4 Å². The number of piperazine rings is 1. The summed E-state index contributed by atoms with van der Waals surface area (Å²) in [7, 11) is 0. The summed E-state index contributed by atoms with van der Waals surface area (Å²) in [5, 5.41) is 8.31. The van der Waals surface area contributed by atoms with Crippen molar-refractivity contribution in [2.45, 2.75) is 20.0 Å². The third-order valence-corrected chi connectivity index (χ3v) is 4.75. The molecule has 8 heteroatoms. The van der Waals surface area contributed by atoms with Crippen molar-refractivity contribution in [2.75, 3.05) is 31.1 Å². The minimum absolute atomic E-state index is 0.479. The molecule has 0 unspecified atom stereocenters. The van der Waals surface area contributed by atoms with E-state index in [-0.39, 0.29) is 0 Å². The standard InChI is InChI=1S/C17H18F3N5/c1-10-11(2)23-25-15(10)13-9-12(17(18,19)20)3-4-14(13)22-16(25)24-7-5-21-6-8-24/h3-4,9,21H,5-8H2,1-2H3. The molecule has 25 heavy (non-hydrogen) atoms. The summed E-state index contributed by atoms with van der Waals surface area (Å²) in [4.78, 5) is 6.75. The number of hydrogen-bond donors (Lipinski definition) is 1. The van der Waals surface area contributed by atoms with E-state index in [1.165, 1.54) is 12.1 Å². The Morgan fingerprint density at radius 1 is 1.12 bits per heavy atom. The van der Waals surface area contributed by atoms with Crippen LogP contribution >= 0.6 is 0 Å². The smallest absolute Gasteiger partial charge is 0.338 e. The van der Waals surface area contributed by atoms with E-state index in [0.29, 0.717) is 22.4 Å². The maximum absolute atomic E-state index is 13.1. The topological polar surface area (TPSA) is 45.5 Å². The summed E-state index contributed by atoms with van der Waals surface area (Å²) >= 11 is 0. The molecule has 1 N–H and O–H groups in total. The molecule has 1 aliphatic rings. The van der Waals surface area contributed by atoms with Crippen molar-refractivity contribution in [1.82, 2.24) is 19.9 Å². The highest BCUT2D eigenvalue weighted by atomic mass is 19.4. The second kappa shape index (κ2) is 5.59. The molecule has 0 saturated carbocycles. The third-order valence-electron chi connectivity index (χ3n) is 4.75. The van der Waals surface area contributed by atoms with Crippen molar-refractivity contribution in [3.8, 4) is 0 Å². The third kappa shape index (κ3) is 2.60. The predicted octanol–water partition coefficient (Wildman–Crippen LogP) is 2.93. The Bertz CT molecular complexity index is 954. The second-order valence-electron chi connectivity index (χ2n) is 6.35. The van der Waals surface area contributed by atoms with E-state index in [1.807, 2.05) is 13.8 Å². The van der Waals surface area contributed by atoms with Crippen LogP contribution < -0.4 is 10.2 Å². The maximum atomic E-state index is 13.1. The minimum atomic E-state index is -4.38. The first kappa shape index (κ1) is 16.1. The number of aryl methyl sites for hydroxylation is 2. The SMILES string of the molecule is Cc1nn2c(N3CCNCC3)nc3ccc(C(F)(F)F)cc3c2c1C. The number of nitrogens with one attached hydrogen (secondary N) is 1. The van der Waals surface area contributed by atoms with Gasteiger partial charge in [-0.05, 0) is 37.6 Å². The Hall–Kier alpha value is -2.35. The molecule has 0 atom stereocenters. The minimum Gasteiger partial charge on any atom is -0.338 e. The van der Waals surface area contributed by atoms with E-state index in [1.54, 1.807) is 4.52 Å². The molecular weight excluding hydrogens is 331 g/mol. The molecule has 0 bridgehead atoms. The van der Waals surface area contributed by atoms with Gasteiger partial charge in [-0.1, -0.05) is 0 Å². The molecule has 1 aliphatic heterocycles. The van der Waals surface area contributed by atoms with Crippen molar-refractivity contribution in [1.29, 1.82) is 0 Å². The Balaban J connectivity index is 2.03. The fourth-order valence-corrected chi connectivity index (χ4v) is 3.29. The number of alkyl halides is 3. The number of nitrogens with zero attached hydrogens (tertiary/aromatic N) is 4. The number of anilines is 1. The maximum Gasteiger partial charge on any atom is 0.416 e. The van der Waals surface area contributed by atoms with Crippen LogP contribution in [-0.2, 0) is 6.18 Å². The molecular formula is C17H18F3N5. The molecule has 1 fully saturated rings. The number of benzene rings is 1. The molecule has 132 valence electrons. The lowest BCUT2D eigenvalue weighted by Crippen LogP contribution is -2.44. The van der Waals surface area contributed by atoms with E-state index in [9.17, 15) is 13.2 Å². The molecule has 1 aromatic carbocycles. The highest BCUT2D eigenvalue weighted by Crippen LogP contribution is 2.34. The van der Waals surface area contributed by atoms with Gasteiger partial charge in [0.1, 0.15) is 0 Å². The zero-order valence-electron chi connectivity index (χ0n) is 14.0. The Labute approximate surface area is 142 Å². The first-order valence-corrected chi connectivity index (χ1v) is 8.19. The quantitative estimate of drug-likeness (QED) is 0.734. The lowest BCUT2D eigenvalue weighted by molar-refractivity contribution is -0.137. The summed E-state index contributed by atoms with van der Waals surface area (Å²) in [6.07, 6.45) is -4.38. The van der Waals surface area contributed by atoms with Gasteiger partial charge in [0.15, 0.2) is 0 Å². The zero-order chi connectivity index (χ0) is 17.8. The van der Waals surface area contributed by atoms with Gasteiger partial charge in [-0.15, -0.1) is 0 Å². The van der Waals surface area contributed by atoms with Crippen LogP contribution in [0.15, 0.2) is 18.2 Å². The van der Waals surface area contributed by atoms with Crippen LogP contribution in [0.3, 0.4) is 0 Å². The Kier molecular flexibility index (Phi) is 3.61. The van der Waals surface area contributed by atoms with Gasteiger partial charge in [-0.25, -0.2) is 4.98 Å². The van der Waals surface area contributed by atoms with Gasteiger partial charge in [0.2, 0.25) is 5.95 Å². The molecule has 5 nitrogen and oxygen atoms in total. The highest BCUT2D eigenvalue weighted by molar-refractivity contribution is 5.97. The molecule has 3 heterocycles. The van der Waals surface area contributed by atoms with Gasteiger partial charge in [0, 0.05) is 31.6 Å². The van der Waals surface area contributed by atoms with E-state index in [4.69, 9.17) is 0 Å². The number of hydrogen-bond acceptors (Lipinski definition) is 4. The van der Waals surface area contributed by atoms with Gasteiger partial charge in [-0.3, -0.25) is 0 Å². The van der Waals surface area contributed by atoms with Gasteiger partial charge < -0.3 is 10.2 Å². The van der Waals surface area contributed by atoms with Gasteiger partial charge in [-0.2, -0.15) is 22.8 Å². The molecule has 4 rings (SSSR count). The monoisotopic (exact) mass is 349 g/mol. The van der Waals surface area contributed by atoms with Crippen LogP contribution in [0, 0.1) is 13.8 Å². The van der Waals surface area contributed by atoms with Crippen LogP contribution in [0.4, 0.5) is 19.1 Å². The normalized spacial score (nSPS) is 16.1. The fourth-order valence-electron chi connectivity index (χ4n) is 3.29. The molecule has 3 aromatic rings. The second-order valence-corrected chi connectivity index (χ2v) is 6.35. The van der Waals surface area contributed by atoms with Crippen molar-refractivity contribution < 1.29 is 13.2 Å². The van der Waals surface area contributed by atoms with Crippen molar-refractivity contribution in [3.63, 3.8) is 0 Å². The predicted molar refractivity (Wildman–Crippen MR) is 90.1 cm³/mol. The van der Waals surface area contributed by atoms with E-state index in [2.05, 4.69) is 20.3 Å². The number of aromatic nitrogens is 3. The van der Waals surface area contributed by atoms with E-state index in [0.717, 1.165) is 43.5 Å². The fraction of sp³-hybridized carbons (Fsp3) is 0.412. The van der Waals surface area contributed by atoms with Crippen LogP contribution in [-0.4, -0.2) is 40.8 Å². The lowest BCUT2D eigenvalue weighted by Gasteiger charge is -2.28. The Morgan fingerprint density at radius 3 is 2.52 bits per heavy atom. The summed E-state index contributed by atoms with van der Waals surface area (Å²) in [6, 6.07) is 3.71. The summed E-state index contributed by atoms with van der Waals surface area (Å²) in [6.45, 7) is 7.00. The van der Waals surface area contributed by atoms with Crippen molar-refractivity contribution in [3.05, 3.63) is 35.0 Å². The number of fused-ring (bicyclic) bond motifs is 3. The van der Waals surface area contributed by atoms with Gasteiger partial charge in [0.05, 0.1) is 22.3 Å². The van der Waals surface area contributed by atoms with Crippen LogP contribution in [0.2, 0.25) is 0 Å². The molecule has 0 amide bonds. The van der Waals surface area contributed by atoms with Crippen molar-refractivity contribution >= 4 is 22.4 Å². The summed E-state index contributed by atoms with van der Waals surface area (Å²) in [5.74, 6) is 0.681. The van der Waals surface area contributed by atoms with Gasteiger partial charge >= 0.3 is 6.18 Å². The average molecular weight is 349 g/mol. The first-order chi connectivity index (χ1) is 11.9. The highest BCUT2D eigenvalue weighted by Gasteiger charge is 2.31. The molecule has 1 saturated heterocycles. The van der Waals surface area contributed by atoms with E-state index < -0.39 is 11.7 Å². The lowest BCUT2D eigenvalue weighted by atomic mass is 10.1.